The van der Waals surface area contributed by atoms with E-state index in [0.717, 1.165) is 6.42 Å². The predicted octanol–water partition coefficient (Wildman–Crippen LogP) is 1.29. The largest absolute Gasteiger partial charge is 0.497 e. The number of carbonyl (C=O) groups excluding carboxylic acids is 3. The fourth-order valence-corrected chi connectivity index (χ4v) is 2.21. The maximum absolute atomic E-state index is 12.0. The van der Waals surface area contributed by atoms with E-state index < -0.39 is 5.91 Å². The standard InChI is InChI=1S/C17H22N2O5/c1-11-7-14(11)17(22)24-10-16(21)19(2)9-15(20)18-12-5-4-6-13(8-12)23-3/h4-6,8,11,14H,7,9-10H2,1-3H3,(H,18,20)/t11-,14+/m0/s1. The summed E-state index contributed by atoms with van der Waals surface area (Å²) in [5.41, 5.74) is 0.578. The molecule has 1 saturated carbocycles. The van der Waals surface area contributed by atoms with E-state index in [1.54, 1.807) is 24.3 Å². The van der Waals surface area contributed by atoms with Crippen LogP contribution < -0.4 is 10.1 Å². The number of ether oxygens (including phenoxy) is 2. The van der Waals surface area contributed by atoms with Gasteiger partial charge in [0, 0.05) is 18.8 Å². The monoisotopic (exact) mass is 334 g/mol. The number of likely N-dealkylation sites (N-methyl/N-ethyl adjacent to an activating group) is 1. The number of anilines is 1. The summed E-state index contributed by atoms with van der Waals surface area (Å²) in [6, 6.07) is 6.92. The minimum atomic E-state index is -0.419. The van der Waals surface area contributed by atoms with Crippen molar-refractivity contribution in [3.05, 3.63) is 24.3 Å². The van der Waals surface area contributed by atoms with Crippen molar-refractivity contribution in [2.24, 2.45) is 11.8 Å². The molecule has 7 heteroatoms. The minimum absolute atomic E-state index is 0.0838. The Hall–Kier alpha value is -2.57. The van der Waals surface area contributed by atoms with Gasteiger partial charge >= 0.3 is 5.97 Å². The molecule has 0 unspecified atom stereocenters. The van der Waals surface area contributed by atoms with Crippen LogP contribution in [0, 0.1) is 11.8 Å². The number of rotatable bonds is 7. The number of methoxy groups -OCH3 is 1. The van der Waals surface area contributed by atoms with Gasteiger partial charge in [0.05, 0.1) is 19.6 Å². The molecule has 2 amide bonds. The van der Waals surface area contributed by atoms with E-state index in [1.807, 2.05) is 6.92 Å². The van der Waals surface area contributed by atoms with Crippen LogP contribution in [0.4, 0.5) is 5.69 Å². The highest BCUT2D eigenvalue weighted by Gasteiger charge is 2.40. The Morgan fingerprint density at radius 2 is 2.04 bits per heavy atom. The molecule has 0 aliphatic heterocycles. The van der Waals surface area contributed by atoms with E-state index in [0.29, 0.717) is 17.4 Å². The third-order valence-corrected chi connectivity index (χ3v) is 3.91. The Balaban J connectivity index is 1.75. The molecule has 0 radical (unpaired) electrons. The van der Waals surface area contributed by atoms with Crippen molar-refractivity contribution in [3.8, 4) is 5.75 Å². The molecule has 2 atom stereocenters. The zero-order chi connectivity index (χ0) is 17.7. The van der Waals surface area contributed by atoms with Crippen LogP contribution in [-0.4, -0.2) is 50.0 Å². The van der Waals surface area contributed by atoms with Gasteiger partial charge in [-0.2, -0.15) is 0 Å². The molecule has 0 bridgehead atoms. The van der Waals surface area contributed by atoms with Gasteiger partial charge in [0.2, 0.25) is 5.91 Å². The molecule has 1 aliphatic carbocycles. The second-order valence-corrected chi connectivity index (χ2v) is 5.96. The molecule has 1 aliphatic rings. The molecule has 1 aromatic carbocycles. The second-order valence-electron chi connectivity index (χ2n) is 5.96. The van der Waals surface area contributed by atoms with Crippen molar-refractivity contribution in [1.82, 2.24) is 4.90 Å². The third kappa shape index (κ3) is 4.97. The lowest BCUT2D eigenvalue weighted by molar-refractivity contribution is -0.153. The first-order chi connectivity index (χ1) is 11.4. The summed E-state index contributed by atoms with van der Waals surface area (Å²) >= 11 is 0. The van der Waals surface area contributed by atoms with Gasteiger partial charge in [-0.3, -0.25) is 14.4 Å². The maximum Gasteiger partial charge on any atom is 0.309 e. The average Bonchev–Trinajstić information content (AvgIpc) is 3.29. The molecule has 1 aromatic rings. The number of amides is 2. The van der Waals surface area contributed by atoms with Gasteiger partial charge in [0.15, 0.2) is 6.61 Å². The first-order valence-electron chi connectivity index (χ1n) is 7.75. The molecular formula is C17H22N2O5. The molecular weight excluding hydrogens is 312 g/mol. The molecule has 130 valence electrons. The first-order valence-corrected chi connectivity index (χ1v) is 7.75. The van der Waals surface area contributed by atoms with Crippen molar-refractivity contribution < 1.29 is 23.9 Å². The first kappa shape index (κ1) is 17.8. The van der Waals surface area contributed by atoms with Crippen LogP contribution in [0.1, 0.15) is 13.3 Å². The Morgan fingerprint density at radius 1 is 1.33 bits per heavy atom. The molecule has 1 fully saturated rings. The fourth-order valence-electron chi connectivity index (χ4n) is 2.21. The summed E-state index contributed by atoms with van der Waals surface area (Å²) < 4.78 is 10.0. The van der Waals surface area contributed by atoms with Crippen LogP contribution in [0.5, 0.6) is 5.75 Å². The van der Waals surface area contributed by atoms with E-state index in [4.69, 9.17) is 9.47 Å². The Bertz CT molecular complexity index is 631. The fraction of sp³-hybridized carbons (Fsp3) is 0.471. The molecule has 0 saturated heterocycles. The van der Waals surface area contributed by atoms with Gasteiger partial charge in [-0.1, -0.05) is 13.0 Å². The topological polar surface area (TPSA) is 84.9 Å². The molecule has 7 nitrogen and oxygen atoms in total. The quantitative estimate of drug-likeness (QED) is 0.760. The van der Waals surface area contributed by atoms with Crippen LogP contribution in [0.25, 0.3) is 0 Å². The summed E-state index contributed by atoms with van der Waals surface area (Å²) in [5.74, 6) is -0.236. The summed E-state index contributed by atoms with van der Waals surface area (Å²) in [4.78, 5) is 36.7. The van der Waals surface area contributed by atoms with Crippen molar-refractivity contribution in [3.63, 3.8) is 0 Å². The van der Waals surface area contributed by atoms with Crippen molar-refractivity contribution >= 4 is 23.5 Å². The number of hydrogen-bond acceptors (Lipinski definition) is 5. The zero-order valence-electron chi connectivity index (χ0n) is 14.1. The van der Waals surface area contributed by atoms with Gasteiger partial charge in [0.1, 0.15) is 5.75 Å². The number of nitrogens with zero attached hydrogens (tertiary/aromatic N) is 1. The summed E-state index contributed by atoms with van der Waals surface area (Å²) in [6.07, 6.45) is 0.811. The Kier molecular flexibility index (Phi) is 5.78. The van der Waals surface area contributed by atoms with Crippen LogP contribution in [-0.2, 0) is 19.1 Å². The van der Waals surface area contributed by atoms with Crippen molar-refractivity contribution in [2.45, 2.75) is 13.3 Å². The van der Waals surface area contributed by atoms with Gasteiger partial charge in [0.25, 0.3) is 5.91 Å². The SMILES string of the molecule is COc1cccc(NC(=O)CN(C)C(=O)COC(=O)[C@@H]2C[C@@H]2C)c1. The summed E-state index contributed by atoms with van der Waals surface area (Å²) in [7, 11) is 3.03. The second kappa shape index (κ2) is 7.81. The van der Waals surface area contributed by atoms with Crippen molar-refractivity contribution in [2.75, 3.05) is 32.6 Å². The number of benzene rings is 1. The average molecular weight is 334 g/mol. The van der Waals surface area contributed by atoms with Crippen LogP contribution in [0.15, 0.2) is 24.3 Å². The van der Waals surface area contributed by atoms with Crippen LogP contribution in [0.2, 0.25) is 0 Å². The molecule has 1 N–H and O–H groups in total. The van der Waals surface area contributed by atoms with E-state index in [2.05, 4.69) is 5.32 Å². The van der Waals surface area contributed by atoms with Crippen LogP contribution >= 0.6 is 0 Å². The van der Waals surface area contributed by atoms with Crippen LogP contribution in [0.3, 0.4) is 0 Å². The third-order valence-electron chi connectivity index (χ3n) is 3.91. The van der Waals surface area contributed by atoms with Gasteiger partial charge < -0.3 is 19.7 Å². The lowest BCUT2D eigenvalue weighted by atomic mass is 10.3. The van der Waals surface area contributed by atoms with E-state index in [-0.39, 0.29) is 30.9 Å². The highest BCUT2D eigenvalue weighted by atomic mass is 16.5. The molecule has 0 spiro atoms. The highest BCUT2D eigenvalue weighted by Crippen LogP contribution is 2.38. The predicted molar refractivity (Wildman–Crippen MR) is 87.5 cm³/mol. The van der Waals surface area contributed by atoms with Gasteiger partial charge in [-0.05, 0) is 24.5 Å². The summed E-state index contributed by atoms with van der Waals surface area (Å²) in [6.45, 7) is 1.49. The lowest BCUT2D eigenvalue weighted by Gasteiger charge is -2.17. The van der Waals surface area contributed by atoms with E-state index >= 15 is 0 Å². The maximum atomic E-state index is 12.0. The molecule has 0 aromatic heterocycles. The highest BCUT2D eigenvalue weighted by molar-refractivity contribution is 5.95. The number of esters is 1. The molecule has 0 heterocycles. The summed E-state index contributed by atoms with van der Waals surface area (Å²) in [5, 5.41) is 2.68. The number of nitrogens with one attached hydrogen (secondary N) is 1. The van der Waals surface area contributed by atoms with Gasteiger partial charge in [-0.25, -0.2) is 0 Å². The molecule has 2 rings (SSSR count). The zero-order valence-corrected chi connectivity index (χ0v) is 14.1. The number of hydrogen-bond donors (Lipinski definition) is 1. The smallest absolute Gasteiger partial charge is 0.309 e. The van der Waals surface area contributed by atoms with E-state index in [1.165, 1.54) is 19.1 Å². The minimum Gasteiger partial charge on any atom is -0.497 e. The Morgan fingerprint density at radius 3 is 2.67 bits per heavy atom. The Labute approximate surface area is 140 Å². The lowest BCUT2D eigenvalue weighted by Crippen LogP contribution is -2.37. The van der Waals surface area contributed by atoms with Gasteiger partial charge in [-0.15, -0.1) is 0 Å². The van der Waals surface area contributed by atoms with E-state index in [9.17, 15) is 14.4 Å². The van der Waals surface area contributed by atoms with Crippen molar-refractivity contribution in [1.29, 1.82) is 0 Å². The number of carbonyl (C=O) groups is 3. The normalized spacial score (nSPS) is 18.5. The molecule has 24 heavy (non-hydrogen) atoms.